The Morgan fingerprint density at radius 1 is 0.969 bits per heavy atom. The summed E-state index contributed by atoms with van der Waals surface area (Å²) in [6.07, 6.45) is -1.34. The maximum absolute atomic E-state index is 13.2. The zero-order chi connectivity index (χ0) is 22.5. The molecule has 3 fully saturated rings. The molecule has 6 nitrogen and oxygen atoms in total. The largest absolute Gasteiger partial charge is 0.416 e. The fraction of sp³-hybridized carbons (Fsp3) is 0.609. The van der Waals surface area contributed by atoms with Crippen molar-refractivity contribution in [3.05, 3.63) is 35.4 Å². The number of alkyl halides is 3. The number of carbonyl (C=O) groups is 1. The van der Waals surface area contributed by atoms with Gasteiger partial charge < -0.3 is 14.9 Å². The lowest BCUT2D eigenvalue weighted by molar-refractivity contribution is -0.137. The number of nitrogens with zero attached hydrogens (tertiary/aromatic N) is 4. The first-order valence-corrected chi connectivity index (χ1v) is 11.3. The van der Waals surface area contributed by atoms with Crippen LogP contribution < -0.4 is 0 Å². The number of rotatable bonds is 3. The molecule has 0 spiro atoms. The molecule has 1 aromatic carbocycles. The molecule has 1 aromatic rings. The van der Waals surface area contributed by atoms with Gasteiger partial charge in [-0.2, -0.15) is 13.2 Å². The smallest absolute Gasteiger partial charge is 0.391 e. The molecule has 1 aliphatic carbocycles. The Bertz CT molecular complexity index is 940. The molecule has 1 saturated carbocycles. The van der Waals surface area contributed by atoms with Crippen LogP contribution in [-0.4, -0.2) is 71.3 Å². The van der Waals surface area contributed by atoms with Gasteiger partial charge in [0.05, 0.1) is 18.2 Å². The number of amides is 2. The lowest BCUT2D eigenvalue weighted by Crippen LogP contribution is -2.50. The van der Waals surface area contributed by atoms with Gasteiger partial charge in [-0.25, -0.2) is 9.79 Å². The number of benzene rings is 1. The van der Waals surface area contributed by atoms with Crippen LogP contribution in [0.2, 0.25) is 0 Å². The van der Waals surface area contributed by atoms with Gasteiger partial charge in [0.1, 0.15) is 5.84 Å². The van der Waals surface area contributed by atoms with Crippen LogP contribution in [-0.2, 0) is 6.18 Å². The standard InChI is InChI=1S/C23H27F3N4O2/c24-23(25,26)18-5-3-14(4-6-18)16-9-17(20-10-27-21(28-20)15-1-2-15)12-30(11-16)22(32)29-8-7-19(31)13-29/h3-6,15-17,19,31H,1-2,7-13H2. The van der Waals surface area contributed by atoms with Crippen molar-refractivity contribution in [1.29, 1.82) is 0 Å². The van der Waals surface area contributed by atoms with Gasteiger partial charge in [0.25, 0.3) is 0 Å². The molecule has 0 radical (unpaired) electrons. The van der Waals surface area contributed by atoms with Crippen LogP contribution in [0.4, 0.5) is 18.0 Å². The van der Waals surface area contributed by atoms with E-state index in [4.69, 9.17) is 4.99 Å². The Morgan fingerprint density at radius 3 is 2.31 bits per heavy atom. The number of piperidine rings is 1. The molecule has 0 aromatic heterocycles. The summed E-state index contributed by atoms with van der Waals surface area (Å²) >= 11 is 0. The third-order valence-electron chi connectivity index (χ3n) is 6.94. The van der Waals surface area contributed by atoms with E-state index in [0.29, 0.717) is 45.1 Å². The van der Waals surface area contributed by atoms with Crippen molar-refractivity contribution < 1.29 is 23.1 Å². The molecule has 1 N–H and O–H groups in total. The third kappa shape index (κ3) is 4.40. The number of β-amino-alcohol motifs (C(OH)–C–C–N with tert-alkyl or cyclic N) is 1. The average Bonchev–Trinajstić information content (AvgIpc) is 3.34. The number of urea groups is 1. The minimum Gasteiger partial charge on any atom is -0.391 e. The Labute approximate surface area is 184 Å². The summed E-state index contributed by atoms with van der Waals surface area (Å²) in [6, 6.07) is 5.17. The first-order chi connectivity index (χ1) is 15.3. The molecule has 9 heteroatoms. The number of aliphatic hydroxyl groups is 1. The van der Waals surface area contributed by atoms with E-state index in [1.165, 1.54) is 12.1 Å². The minimum absolute atomic E-state index is 0.0209. The van der Waals surface area contributed by atoms with Crippen LogP contribution >= 0.6 is 0 Å². The molecule has 0 bridgehead atoms. The zero-order valence-electron chi connectivity index (χ0n) is 17.8. The molecule has 32 heavy (non-hydrogen) atoms. The normalized spacial score (nSPS) is 28.7. The van der Waals surface area contributed by atoms with Crippen molar-refractivity contribution in [2.45, 2.75) is 43.9 Å². The molecule has 2 saturated heterocycles. The third-order valence-corrected chi connectivity index (χ3v) is 6.94. The first-order valence-electron chi connectivity index (χ1n) is 11.3. The first kappa shape index (κ1) is 21.4. The van der Waals surface area contributed by atoms with Crippen LogP contribution in [0.15, 0.2) is 34.3 Å². The van der Waals surface area contributed by atoms with Gasteiger partial charge >= 0.3 is 12.2 Å². The number of carbonyl (C=O) groups excluding carboxylic acids is 1. The maximum atomic E-state index is 13.2. The summed E-state index contributed by atoms with van der Waals surface area (Å²) in [5.74, 6) is 1.32. The summed E-state index contributed by atoms with van der Waals surface area (Å²) in [5, 5.41) is 9.84. The minimum atomic E-state index is -4.37. The average molecular weight is 448 g/mol. The maximum Gasteiger partial charge on any atom is 0.416 e. The summed E-state index contributed by atoms with van der Waals surface area (Å²) in [4.78, 5) is 26.0. The number of likely N-dealkylation sites (tertiary alicyclic amines) is 2. The highest BCUT2D eigenvalue weighted by Gasteiger charge is 2.39. The van der Waals surface area contributed by atoms with Crippen LogP contribution in [0, 0.1) is 11.8 Å². The van der Waals surface area contributed by atoms with Crippen molar-refractivity contribution >= 4 is 17.6 Å². The molecule has 2 amide bonds. The topological polar surface area (TPSA) is 68.5 Å². The van der Waals surface area contributed by atoms with Gasteiger partial charge in [-0.05, 0) is 43.4 Å². The van der Waals surface area contributed by atoms with Crippen LogP contribution in [0.5, 0.6) is 0 Å². The molecule has 3 heterocycles. The van der Waals surface area contributed by atoms with E-state index < -0.39 is 17.8 Å². The molecular formula is C23H27F3N4O2. The molecule has 172 valence electrons. The van der Waals surface area contributed by atoms with Gasteiger partial charge in [-0.1, -0.05) is 12.1 Å². The number of hydrogen-bond acceptors (Lipinski definition) is 4. The van der Waals surface area contributed by atoms with E-state index in [1.807, 2.05) is 0 Å². The molecule has 3 unspecified atom stereocenters. The predicted molar refractivity (Wildman–Crippen MR) is 114 cm³/mol. The highest BCUT2D eigenvalue weighted by molar-refractivity contribution is 6.06. The SMILES string of the molecule is O=C(N1CCC(O)C1)N1CC(C2=NC(C3CC3)=NC2)CC(c2ccc(C(F)(F)F)cc2)C1. The quantitative estimate of drug-likeness (QED) is 0.768. The number of aliphatic hydroxyl groups excluding tert-OH is 1. The Kier molecular flexibility index (Phi) is 5.47. The van der Waals surface area contributed by atoms with Crippen molar-refractivity contribution in [1.82, 2.24) is 9.80 Å². The van der Waals surface area contributed by atoms with Crippen molar-refractivity contribution in [3.8, 4) is 0 Å². The van der Waals surface area contributed by atoms with Crippen molar-refractivity contribution in [2.24, 2.45) is 21.8 Å². The van der Waals surface area contributed by atoms with Crippen LogP contribution in [0.25, 0.3) is 0 Å². The molecule has 3 atom stereocenters. The second kappa shape index (κ2) is 8.17. The lowest BCUT2D eigenvalue weighted by atomic mass is 9.82. The lowest BCUT2D eigenvalue weighted by Gasteiger charge is -2.39. The van der Waals surface area contributed by atoms with Crippen LogP contribution in [0.3, 0.4) is 0 Å². The van der Waals surface area contributed by atoms with Crippen molar-refractivity contribution in [2.75, 3.05) is 32.7 Å². The van der Waals surface area contributed by atoms with E-state index in [2.05, 4.69) is 4.99 Å². The van der Waals surface area contributed by atoms with Crippen LogP contribution in [0.1, 0.15) is 42.7 Å². The molecular weight excluding hydrogens is 421 g/mol. The zero-order valence-corrected chi connectivity index (χ0v) is 17.8. The molecule has 3 aliphatic heterocycles. The highest BCUT2D eigenvalue weighted by atomic mass is 19.4. The summed E-state index contributed by atoms with van der Waals surface area (Å²) < 4.78 is 39.0. The Hall–Kier alpha value is -2.42. The number of hydrogen-bond donors (Lipinski definition) is 1. The highest BCUT2D eigenvalue weighted by Crippen LogP contribution is 2.37. The van der Waals surface area contributed by atoms with Gasteiger partial charge in [-0.15, -0.1) is 0 Å². The fourth-order valence-electron chi connectivity index (χ4n) is 4.96. The molecule has 4 aliphatic rings. The predicted octanol–water partition coefficient (Wildman–Crippen LogP) is 3.56. The number of halogens is 3. The Balaban J connectivity index is 1.37. The number of aliphatic imine (C=N–C) groups is 2. The van der Waals surface area contributed by atoms with E-state index in [9.17, 15) is 23.1 Å². The van der Waals surface area contributed by atoms with Gasteiger partial charge in [0.15, 0.2) is 0 Å². The van der Waals surface area contributed by atoms with E-state index in [0.717, 1.165) is 48.5 Å². The van der Waals surface area contributed by atoms with Gasteiger partial charge in [0, 0.05) is 49.6 Å². The van der Waals surface area contributed by atoms with E-state index in [1.54, 1.807) is 9.80 Å². The summed E-state index contributed by atoms with van der Waals surface area (Å²) in [5.41, 5.74) is 1.10. The second-order valence-electron chi connectivity index (χ2n) is 9.38. The summed E-state index contributed by atoms with van der Waals surface area (Å²) in [6.45, 7) is 2.34. The monoisotopic (exact) mass is 448 g/mol. The summed E-state index contributed by atoms with van der Waals surface area (Å²) in [7, 11) is 0. The van der Waals surface area contributed by atoms with Gasteiger partial charge in [0.2, 0.25) is 0 Å². The fourth-order valence-corrected chi connectivity index (χ4v) is 4.96. The second-order valence-corrected chi connectivity index (χ2v) is 9.38. The van der Waals surface area contributed by atoms with Gasteiger partial charge in [-0.3, -0.25) is 4.99 Å². The Morgan fingerprint density at radius 2 is 1.69 bits per heavy atom. The van der Waals surface area contributed by atoms with E-state index in [-0.39, 0.29) is 17.9 Å². The molecule has 5 rings (SSSR count). The van der Waals surface area contributed by atoms with Crippen molar-refractivity contribution in [3.63, 3.8) is 0 Å². The van der Waals surface area contributed by atoms with E-state index >= 15 is 0 Å². The number of amidine groups is 1.